The number of carbonyl (C=O) groups is 2. The third kappa shape index (κ3) is 3.06. The minimum atomic E-state index is -0.215. The van der Waals surface area contributed by atoms with Crippen LogP contribution in [0.5, 0.6) is 0 Å². The summed E-state index contributed by atoms with van der Waals surface area (Å²) in [5.41, 5.74) is 3.35. The standard InChI is InChI=1S/C18H16N4O2S/c1-11-2-7-14-15(10-11)25-17(20-14)21-16(23)12-3-5-13(6-4-12)22-9-8-19-18(22)24/h2-7,10H,8-9H2,1H3,(H,19,24)(H,20,21,23). The van der Waals surface area contributed by atoms with E-state index in [1.165, 1.54) is 11.3 Å². The van der Waals surface area contributed by atoms with Crippen molar-refractivity contribution in [1.82, 2.24) is 10.3 Å². The summed E-state index contributed by atoms with van der Waals surface area (Å²) in [4.78, 5) is 30.2. The molecule has 3 aromatic rings. The first kappa shape index (κ1) is 15.6. The van der Waals surface area contributed by atoms with Crippen LogP contribution in [0.1, 0.15) is 15.9 Å². The Morgan fingerprint density at radius 2 is 2.04 bits per heavy atom. The molecule has 2 N–H and O–H groups in total. The molecule has 1 saturated heterocycles. The molecular formula is C18H16N4O2S. The van der Waals surface area contributed by atoms with Crippen LogP contribution in [0.4, 0.5) is 15.6 Å². The van der Waals surface area contributed by atoms with Crippen LogP contribution >= 0.6 is 11.3 Å². The van der Waals surface area contributed by atoms with Crippen LogP contribution in [-0.2, 0) is 0 Å². The van der Waals surface area contributed by atoms with Gasteiger partial charge in [0.25, 0.3) is 5.91 Å². The van der Waals surface area contributed by atoms with Gasteiger partial charge in [-0.15, -0.1) is 0 Å². The maximum Gasteiger partial charge on any atom is 0.321 e. The summed E-state index contributed by atoms with van der Waals surface area (Å²) in [6.07, 6.45) is 0. The number of urea groups is 1. The Balaban J connectivity index is 1.51. The molecule has 126 valence electrons. The van der Waals surface area contributed by atoms with E-state index in [0.717, 1.165) is 21.5 Å². The fraction of sp³-hybridized carbons (Fsp3) is 0.167. The number of nitrogens with zero attached hydrogens (tertiary/aromatic N) is 2. The number of anilines is 2. The number of hydrogen-bond donors (Lipinski definition) is 2. The number of aromatic nitrogens is 1. The molecule has 25 heavy (non-hydrogen) atoms. The minimum absolute atomic E-state index is 0.109. The first-order chi connectivity index (χ1) is 12.1. The van der Waals surface area contributed by atoms with Crippen molar-refractivity contribution in [2.45, 2.75) is 6.92 Å². The topological polar surface area (TPSA) is 74.3 Å². The van der Waals surface area contributed by atoms with Crippen molar-refractivity contribution in [3.8, 4) is 0 Å². The molecule has 1 aliphatic heterocycles. The third-order valence-electron chi connectivity index (χ3n) is 4.06. The van der Waals surface area contributed by atoms with Crippen LogP contribution in [0.2, 0.25) is 0 Å². The third-order valence-corrected chi connectivity index (χ3v) is 5.00. The molecule has 1 fully saturated rings. The second-order valence-electron chi connectivity index (χ2n) is 5.87. The van der Waals surface area contributed by atoms with Crippen LogP contribution < -0.4 is 15.5 Å². The number of carbonyl (C=O) groups excluding carboxylic acids is 2. The molecule has 0 spiro atoms. The highest BCUT2D eigenvalue weighted by Crippen LogP contribution is 2.27. The Morgan fingerprint density at radius 1 is 1.24 bits per heavy atom. The molecule has 0 saturated carbocycles. The van der Waals surface area contributed by atoms with E-state index >= 15 is 0 Å². The van der Waals surface area contributed by atoms with Crippen molar-refractivity contribution in [2.75, 3.05) is 23.3 Å². The molecule has 7 heteroatoms. The maximum atomic E-state index is 12.4. The van der Waals surface area contributed by atoms with Crippen molar-refractivity contribution < 1.29 is 9.59 Å². The van der Waals surface area contributed by atoms with Crippen molar-refractivity contribution >= 4 is 44.3 Å². The first-order valence-corrected chi connectivity index (χ1v) is 8.76. The van der Waals surface area contributed by atoms with Gasteiger partial charge >= 0.3 is 6.03 Å². The van der Waals surface area contributed by atoms with E-state index < -0.39 is 0 Å². The minimum Gasteiger partial charge on any atom is -0.336 e. The fourth-order valence-electron chi connectivity index (χ4n) is 2.77. The Bertz CT molecular complexity index is 965. The van der Waals surface area contributed by atoms with E-state index in [0.29, 0.717) is 23.8 Å². The van der Waals surface area contributed by atoms with Gasteiger partial charge in [-0.2, -0.15) is 0 Å². The molecule has 4 rings (SSSR count). The van der Waals surface area contributed by atoms with Gasteiger partial charge in [0.1, 0.15) is 0 Å². The van der Waals surface area contributed by atoms with Crippen LogP contribution in [0.3, 0.4) is 0 Å². The summed E-state index contributed by atoms with van der Waals surface area (Å²) in [6.45, 7) is 3.30. The Morgan fingerprint density at radius 3 is 2.76 bits per heavy atom. The number of nitrogens with one attached hydrogen (secondary N) is 2. The zero-order chi connectivity index (χ0) is 17.4. The molecule has 1 aromatic heterocycles. The summed E-state index contributed by atoms with van der Waals surface area (Å²) < 4.78 is 1.05. The summed E-state index contributed by atoms with van der Waals surface area (Å²) in [5, 5.41) is 6.17. The number of benzene rings is 2. The molecule has 0 aliphatic carbocycles. The number of thiazole rings is 1. The maximum absolute atomic E-state index is 12.4. The van der Waals surface area contributed by atoms with E-state index in [1.807, 2.05) is 19.1 Å². The fourth-order valence-corrected chi connectivity index (χ4v) is 3.72. The monoisotopic (exact) mass is 352 g/mol. The van der Waals surface area contributed by atoms with E-state index in [-0.39, 0.29) is 11.9 Å². The van der Waals surface area contributed by atoms with Gasteiger partial charge in [-0.1, -0.05) is 17.4 Å². The van der Waals surface area contributed by atoms with Gasteiger partial charge in [0, 0.05) is 24.3 Å². The van der Waals surface area contributed by atoms with Gasteiger partial charge in [0.15, 0.2) is 5.13 Å². The number of hydrogen-bond acceptors (Lipinski definition) is 4. The predicted octanol–water partition coefficient (Wildman–Crippen LogP) is 3.39. The second-order valence-corrected chi connectivity index (χ2v) is 6.91. The lowest BCUT2D eigenvalue weighted by molar-refractivity contribution is 0.102. The SMILES string of the molecule is Cc1ccc2nc(NC(=O)c3ccc(N4CCNC4=O)cc3)sc2c1. The lowest BCUT2D eigenvalue weighted by Crippen LogP contribution is -2.27. The molecular weight excluding hydrogens is 336 g/mol. The van der Waals surface area contributed by atoms with Gasteiger partial charge < -0.3 is 5.32 Å². The van der Waals surface area contributed by atoms with Crippen molar-refractivity contribution in [3.63, 3.8) is 0 Å². The first-order valence-electron chi connectivity index (χ1n) is 7.94. The molecule has 0 unspecified atom stereocenters. The largest absolute Gasteiger partial charge is 0.336 e. The normalized spacial score (nSPS) is 14.0. The van der Waals surface area contributed by atoms with E-state index in [9.17, 15) is 9.59 Å². The molecule has 0 radical (unpaired) electrons. The van der Waals surface area contributed by atoms with Gasteiger partial charge in [-0.05, 0) is 48.9 Å². The number of amides is 3. The van der Waals surface area contributed by atoms with Crippen LogP contribution in [0.15, 0.2) is 42.5 Å². The van der Waals surface area contributed by atoms with Gasteiger partial charge in [-0.25, -0.2) is 9.78 Å². The van der Waals surface area contributed by atoms with E-state index in [4.69, 9.17) is 0 Å². The van der Waals surface area contributed by atoms with Crippen molar-refractivity contribution in [1.29, 1.82) is 0 Å². The van der Waals surface area contributed by atoms with E-state index in [2.05, 4.69) is 21.7 Å². The van der Waals surface area contributed by atoms with Gasteiger partial charge in [-0.3, -0.25) is 15.0 Å². The predicted molar refractivity (Wildman–Crippen MR) is 99.5 cm³/mol. The lowest BCUT2D eigenvalue weighted by atomic mass is 10.2. The average molecular weight is 352 g/mol. The van der Waals surface area contributed by atoms with Crippen LogP contribution in [0, 0.1) is 6.92 Å². The molecule has 2 aromatic carbocycles. The molecule has 2 heterocycles. The second kappa shape index (κ2) is 6.18. The molecule has 0 atom stereocenters. The summed E-state index contributed by atoms with van der Waals surface area (Å²) >= 11 is 1.45. The number of aryl methyl sites for hydroxylation is 1. The number of fused-ring (bicyclic) bond motifs is 1. The Kier molecular flexibility index (Phi) is 3.85. The van der Waals surface area contributed by atoms with E-state index in [1.54, 1.807) is 29.2 Å². The Labute approximate surface area is 148 Å². The van der Waals surface area contributed by atoms with Crippen LogP contribution in [-0.4, -0.2) is 30.0 Å². The zero-order valence-electron chi connectivity index (χ0n) is 13.6. The zero-order valence-corrected chi connectivity index (χ0v) is 14.4. The highest BCUT2D eigenvalue weighted by atomic mass is 32.1. The lowest BCUT2D eigenvalue weighted by Gasteiger charge is -2.14. The van der Waals surface area contributed by atoms with Crippen molar-refractivity contribution in [3.05, 3.63) is 53.6 Å². The average Bonchev–Trinajstić information content (AvgIpc) is 3.20. The quantitative estimate of drug-likeness (QED) is 0.759. The molecule has 0 bridgehead atoms. The molecule has 6 nitrogen and oxygen atoms in total. The summed E-state index contributed by atoms with van der Waals surface area (Å²) in [6, 6.07) is 12.9. The molecule has 1 aliphatic rings. The summed E-state index contributed by atoms with van der Waals surface area (Å²) in [5.74, 6) is -0.215. The highest BCUT2D eigenvalue weighted by molar-refractivity contribution is 7.22. The smallest absolute Gasteiger partial charge is 0.321 e. The van der Waals surface area contributed by atoms with Crippen molar-refractivity contribution in [2.24, 2.45) is 0 Å². The van der Waals surface area contributed by atoms with Gasteiger partial charge in [0.05, 0.1) is 10.2 Å². The van der Waals surface area contributed by atoms with Gasteiger partial charge in [0.2, 0.25) is 0 Å². The molecule has 3 amide bonds. The van der Waals surface area contributed by atoms with Crippen LogP contribution in [0.25, 0.3) is 10.2 Å². The highest BCUT2D eigenvalue weighted by Gasteiger charge is 2.21. The number of rotatable bonds is 3. The Hall–Kier alpha value is -2.93. The summed E-state index contributed by atoms with van der Waals surface area (Å²) in [7, 11) is 0.